The van der Waals surface area contributed by atoms with Gasteiger partial charge in [-0.05, 0) is 23.4 Å². The number of nitrogens with one attached hydrogen (secondary N) is 2. The molecule has 100 valence electrons. The summed E-state index contributed by atoms with van der Waals surface area (Å²) in [6.07, 6.45) is 0. The van der Waals surface area contributed by atoms with Gasteiger partial charge >= 0.3 is 0 Å². The minimum absolute atomic E-state index is 0.0139. The van der Waals surface area contributed by atoms with Crippen molar-refractivity contribution < 1.29 is 4.79 Å². The first-order valence-corrected chi connectivity index (χ1v) is 6.61. The fraction of sp³-hybridized carbons (Fsp3) is 0.312. The lowest BCUT2D eigenvalue weighted by Gasteiger charge is -2.12. The van der Waals surface area contributed by atoms with Crippen molar-refractivity contribution in [1.82, 2.24) is 10.6 Å². The van der Waals surface area contributed by atoms with Gasteiger partial charge in [-0.1, -0.05) is 49.4 Å². The Hall–Kier alpha value is -1.87. The van der Waals surface area contributed by atoms with Crippen LogP contribution in [0.5, 0.6) is 0 Å². The highest BCUT2D eigenvalue weighted by Crippen LogP contribution is 2.18. The largest absolute Gasteiger partial charge is 0.352 e. The van der Waals surface area contributed by atoms with Gasteiger partial charge in [0.2, 0.25) is 5.91 Å². The normalized spacial score (nSPS) is 12.3. The summed E-state index contributed by atoms with van der Waals surface area (Å²) < 4.78 is 0. The Morgan fingerprint density at radius 2 is 1.89 bits per heavy atom. The van der Waals surface area contributed by atoms with Gasteiger partial charge in [0, 0.05) is 19.0 Å². The molecule has 0 heterocycles. The SMILES string of the molecule is CNCC(C)C(=O)NCc1cccc2ccccc12. The van der Waals surface area contributed by atoms with E-state index in [1.165, 1.54) is 10.8 Å². The highest BCUT2D eigenvalue weighted by atomic mass is 16.1. The van der Waals surface area contributed by atoms with Gasteiger partial charge in [0.1, 0.15) is 0 Å². The first-order valence-electron chi connectivity index (χ1n) is 6.61. The highest BCUT2D eigenvalue weighted by Gasteiger charge is 2.11. The molecule has 0 saturated carbocycles. The van der Waals surface area contributed by atoms with Gasteiger partial charge in [0.15, 0.2) is 0 Å². The first-order chi connectivity index (χ1) is 9.22. The summed E-state index contributed by atoms with van der Waals surface area (Å²) in [5.41, 5.74) is 1.16. The van der Waals surface area contributed by atoms with Crippen LogP contribution >= 0.6 is 0 Å². The molecule has 2 rings (SSSR count). The average Bonchev–Trinajstić information content (AvgIpc) is 2.45. The first kappa shape index (κ1) is 13.6. The van der Waals surface area contributed by atoms with Crippen molar-refractivity contribution in [2.75, 3.05) is 13.6 Å². The van der Waals surface area contributed by atoms with E-state index in [1.54, 1.807) is 0 Å². The lowest BCUT2D eigenvalue weighted by atomic mass is 10.0. The third-order valence-corrected chi connectivity index (χ3v) is 3.29. The molecule has 0 radical (unpaired) electrons. The molecule has 1 atom stereocenters. The van der Waals surface area contributed by atoms with E-state index in [4.69, 9.17) is 0 Å². The monoisotopic (exact) mass is 256 g/mol. The van der Waals surface area contributed by atoms with Crippen LogP contribution in [0, 0.1) is 5.92 Å². The van der Waals surface area contributed by atoms with Crippen molar-refractivity contribution in [2.24, 2.45) is 5.92 Å². The second-order valence-electron chi connectivity index (χ2n) is 4.81. The third-order valence-electron chi connectivity index (χ3n) is 3.29. The molecule has 0 bridgehead atoms. The summed E-state index contributed by atoms with van der Waals surface area (Å²) in [5.74, 6) is 0.0715. The number of carbonyl (C=O) groups is 1. The van der Waals surface area contributed by atoms with Crippen LogP contribution < -0.4 is 10.6 Å². The molecule has 19 heavy (non-hydrogen) atoms. The molecule has 0 aliphatic heterocycles. The van der Waals surface area contributed by atoms with Gasteiger partial charge in [0.25, 0.3) is 0 Å². The minimum Gasteiger partial charge on any atom is -0.352 e. The third kappa shape index (κ3) is 3.32. The van der Waals surface area contributed by atoms with Crippen LogP contribution in [-0.4, -0.2) is 19.5 Å². The zero-order chi connectivity index (χ0) is 13.7. The molecule has 0 aromatic heterocycles. The number of fused-ring (bicyclic) bond motifs is 1. The van der Waals surface area contributed by atoms with Crippen LogP contribution in [0.15, 0.2) is 42.5 Å². The maximum absolute atomic E-state index is 11.9. The predicted molar refractivity (Wildman–Crippen MR) is 78.9 cm³/mol. The Balaban J connectivity index is 2.08. The lowest BCUT2D eigenvalue weighted by Crippen LogP contribution is -2.33. The van der Waals surface area contributed by atoms with Gasteiger partial charge in [-0.2, -0.15) is 0 Å². The average molecular weight is 256 g/mol. The van der Waals surface area contributed by atoms with Crippen molar-refractivity contribution >= 4 is 16.7 Å². The van der Waals surface area contributed by atoms with Crippen molar-refractivity contribution in [3.63, 3.8) is 0 Å². The summed E-state index contributed by atoms with van der Waals surface area (Å²) in [6, 6.07) is 14.4. The molecule has 0 aliphatic rings. The molecule has 1 amide bonds. The van der Waals surface area contributed by atoms with Crippen molar-refractivity contribution in [3.8, 4) is 0 Å². The number of carbonyl (C=O) groups excluding carboxylic acids is 1. The Kier molecular flexibility index (Phi) is 4.53. The predicted octanol–water partition coefficient (Wildman–Crippen LogP) is 2.31. The van der Waals surface area contributed by atoms with E-state index in [2.05, 4.69) is 34.9 Å². The Bertz CT molecular complexity index is 560. The summed E-state index contributed by atoms with van der Waals surface area (Å²) >= 11 is 0. The number of hydrogen-bond donors (Lipinski definition) is 2. The summed E-state index contributed by atoms with van der Waals surface area (Å²) in [4.78, 5) is 11.9. The van der Waals surface area contributed by atoms with Crippen molar-refractivity contribution in [2.45, 2.75) is 13.5 Å². The zero-order valence-electron chi connectivity index (χ0n) is 11.4. The standard InChI is InChI=1S/C16H20N2O/c1-12(10-17-2)16(19)18-11-14-8-5-7-13-6-3-4-9-15(13)14/h3-9,12,17H,10-11H2,1-2H3,(H,18,19). The summed E-state index contributed by atoms with van der Waals surface area (Å²) in [5, 5.41) is 8.42. The van der Waals surface area contributed by atoms with E-state index >= 15 is 0 Å². The quantitative estimate of drug-likeness (QED) is 0.862. The second-order valence-corrected chi connectivity index (χ2v) is 4.81. The zero-order valence-corrected chi connectivity index (χ0v) is 11.4. The van der Waals surface area contributed by atoms with Crippen LogP contribution in [0.3, 0.4) is 0 Å². The highest BCUT2D eigenvalue weighted by molar-refractivity contribution is 5.86. The van der Waals surface area contributed by atoms with E-state index in [-0.39, 0.29) is 11.8 Å². The number of amides is 1. The van der Waals surface area contributed by atoms with E-state index in [0.717, 1.165) is 5.56 Å². The molecule has 0 aliphatic carbocycles. The van der Waals surface area contributed by atoms with Crippen LogP contribution in [-0.2, 0) is 11.3 Å². The van der Waals surface area contributed by atoms with E-state index in [0.29, 0.717) is 13.1 Å². The van der Waals surface area contributed by atoms with E-state index in [9.17, 15) is 4.79 Å². The molecule has 3 heteroatoms. The molecule has 0 saturated heterocycles. The fourth-order valence-electron chi connectivity index (χ4n) is 2.20. The summed E-state index contributed by atoms with van der Waals surface area (Å²) in [6.45, 7) is 3.20. The van der Waals surface area contributed by atoms with Gasteiger partial charge in [-0.3, -0.25) is 4.79 Å². The smallest absolute Gasteiger partial charge is 0.224 e. The molecule has 1 unspecified atom stereocenters. The van der Waals surface area contributed by atoms with Crippen molar-refractivity contribution in [3.05, 3.63) is 48.0 Å². The van der Waals surface area contributed by atoms with Crippen LogP contribution in [0.25, 0.3) is 10.8 Å². The molecular formula is C16H20N2O. The van der Waals surface area contributed by atoms with E-state index < -0.39 is 0 Å². The Morgan fingerprint density at radius 1 is 1.16 bits per heavy atom. The molecule has 2 aromatic carbocycles. The summed E-state index contributed by atoms with van der Waals surface area (Å²) in [7, 11) is 1.86. The molecule has 0 spiro atoms. The number of rotatable bonds is 5. The maximum Gasteiger partial charge on any atom is 0.224 e. The maximum atomic E-state index is 11.9. The van der Waals surface area contributed by atoms with Gasteiger partial charge in [0.05, 0.1) is 0 Å². The number of hydrogen-bond acceptors (Lipinski definition) is 2. The van der Waals surface area contributed by atoms with E-state index in [1.807, 2.05) is 32.2 Å². The second kappa shape index (κ2) is 6.34. The molecular weight excluding hydrogens is 236 g/mol. The van der Waals surface area contributed by atoms with Crippen LogP contribution in [0.2, 0.25) is 0 Å². The number of benzene rings is 2. The Labute approximate surface area is 114 Å². The topological polar surface area (TPSA) is 41.1 Å². The Morgan fingerprint density at radius 3 is 2.68 bits per heavy atom. The molecule has 2 aromatic rings. The molecule has 2 N–H and O–H groups in total. The lowest BCUT2D eigenvalue weighted by molar-refractivity contribution is -0.124. The van der Waals surface area contributed by atoms with Crippen LogP contribution in [0.4, 0.5) is 0 Å². The van der Waals surface area contributed by atoms with Crippen molar-refractivity contribution in [1.29, 1.82) is 0 Å². The fourth-order valence-corrected chi connectivity index (χ4v) is 2.20. The molecule has 0 fully saturated rings. The minimum atomic E-state index is -0.0139. The molecule has 3 nitrogen and oxygen atoms in total. The van der Waals surface area contributed by atoms with Gasteiger partial charge < -0.3 is 10.6 Å². The van der Waals surface area contributed by atoms with Gasteiger partial charge in [-0.25, -0.2) is 0 Å². The van der Waals surface area contributed by atoms with Gasteiger partial charge in [-0.15, -0.1) is 0 Å². The van der Waals surface area contributed by atoms with Crippen LogP contribution in [0.1, 0.15) is 12.5 Å².